The highest BCUT2D eigenvalue weighted by atomic mass is 14.8. The zero-order valence-corrected chi connectivity index (χ0v) is 7.76. The van der Waals surface area contributed by atoms with Gasteiger partial charge in [-0.1, -0.05) is 13.8 Å². The van der Waals surface area contributed by atoms with Crippen LogP contribution in [0.25, 0.3) is 11.0 Å². The topological polar surface area (TPSA) is 28.7 Å². The fraction of sp³-hybridized carbons (Fsp3) is 0.300. The molecule has 0 aliphatic heterocycles. The van der Waals surface area contributed by atoms with E-state index in [-0.39, 0.29) is 0 Å². The Morgan fingerprint density at radius 1 is 1.33 bits per heavy atom. The molecular weight excluding hydrogens is 148 g/mol. The molecule has 64 valence electrons. The largest absolute Gasteiger partial charge is 0.346 e. The molecule has 2 rings (SSSR count). The SMILES string of the molecule is CC.Cc1c[nH]c2ncccc12. The molecule has 2 aromatic rings. The molecule has 2 heteroatoms. The predicted octanol–water partition coefficient (Wildman–Crippen LogP) is 2.90. The van der Waals surface area contributed by atoms with Crippen molar-refractivity contribution in [2.45, 2.75) is 20.8 Å². The summed E-state index contributed by atoms with van der Waals surface area (Å²) in [5, 5.41) is 1.21. The number of hydrogen-bond acceptors (Lipinski definition) is 1. The Hall–Kier alpha value is -1.31. The van der Waals surface area contributed by atoms with Crippen LogP contribution in [0.15, 0.2) is 24.5 Å². The molecule has 2 heterocycles. The van der Waals surface area contributed by atoms with E-state index >= 15 is 0 Å². The highest BCUT2D eigenvalue weighted by Crippen LogP contribution is 2.12. The molecule has 0 unspecified atom stereocenters. The summed E-state index contributed by atoms with van der Waals surface area (Å²) >= 11 is 0. The van der Waals surface area contributed by atoms with Crippen molar-refractivity contribution in [3.05, 3.63) is 30.1 Å². The Balaban J connectivity index is 0.000000336. The van der Waals surface area contributed by atoms with Crippen LogP contribution in [0.3, 0.4) is 0 Å². The van der Waals surface area contributed by atoms with Crippen molar-refractivity contribution in [2.24, 2.45) is 0 Å². The fourth-order valence-electron chi connectivity index (χ4n) is 1.09. The number of aromatic amines is 1. The maximum atomic E-state index is 4.15. The van der Waals surface area contributed by atoms with Gasteiger partial charge in [-0.3, -0.25) is 0 Å². The Labute approximate surface area is 72.6 Å². The van der Waals surface area contributed by atoms with E-state index in [0.29, 0.717) is 0 Å². The van der Waals surface area contributed by atoms with Crippen LogP contribution in [-0.4, -0.2) is 9.97 Å². The molecule has 0 aromatic carbocycles. The molecule has 0 spiro atoms. The highest BCUT2D eigenvalue weighted by molar-refractivity contribution is 5.78. The van der Waals surface area contributed by atoms with Crippen molar-refractivity contribution in [1.82, 2.24) is 9.97 Å². The monoisotopic (exact) mass is 162 g/mol. The Kier molecular flexibility index (Phi) is 2.86. The van der Waals surface area contributed by atoms with Crippen molar-refractivity contribution < 1.29 is 0 Å². The molecule has 0 fully saturated rings. The molecule has 0 amide bonds. The van der Waals surface area contributed by atoms with Crippen molar-refractivity contribution in [2.75, 3.05) is 0 Å². The van der Waals surface area contributed by atoms with Gasteiger partial charge in [0.25, 0.3) is 0 Å². The number of aryl methyl sites for hydroxylation is 1. The minimum Gasteiger partial charge on any atom is -0.346 e. The van der Waals surface area contributed by atoms with Gasteiger partial charge in [-0.25, -0.2) is 4.98 Å². The number of nitrogens with zero attached hydrogens (tertiary/aromatic N) is 1. The van der Waals surface area contributed by atoms with Crippen LogP contribution in [0.5, 0.6) is 0 Å². The van der Waals surface area contributed by atoms with Gasteiger partial charge in [-0.15, -0.1) is 0 Å². The second kappa shape index (κ2) is 3.90. The Morgan fingerprint density at radius 2 is 2.08 bits per heavy atom. The molecule has 0 radical (unpaired) electrons. The molecule has 1 N–H and O–H groups in total. The first-order valence-corrected chi connectivity index (χ1v) is 4.26. The lowest BCUT2D eigenvalue weighted by atomic mass is 10.2. The quantitative estimate of drug-likeness (QED) is 0.634. The maximum Gasteiger partial charge on any atom is 0.137 e. The van der Waals surface area contributed by atoms with E-state index < -0.39 is 0 Å². The van der Waals surface area contributed by atoms with Gasteiger partial charge in [0, 0.05) is 17.8 Å². The van der Waals surface area contributed by atoms with E-state index in [1.54, 1.807) is 6.20 Å². The first-order chi connectivity index (χ1) is 5.88. The standard InChI is InChI=1S/C8H8N2.C2H6/c1-6-5-10-8-7(6)3-2-4-9-8;1-2/h2-5H,1H3,(H,9,10);1-2H3. The average molecular weight is 162 g/mol. The van der Waals surface area contributed by atoms with Crippen molar-refractivity contribution in [1.29, 1.82) is 0 Å². The smallest absolute Gasteiger partial charge is 0.137 e. The molecule has 0 saturated carbocycles. The van der Waals surface area contributed by atoms with Crippen molar-refractivity contribution >= 4 is 11.0 Å². The van der Waals surface area contributed by atoms with Crippen LogP contribution in [0.1, 0.15) is 19.4 Å². The van der Waals surface area contributed by atoms with Gasteiger partial charge in [0.15, 0.2) is 0 Å². The van der Waals surface area contributed by atoms with E-state index in [9.17, 15) is 0 Å². The van der Waals surface area contributed by atoms with Gasteiger partial charge in [-0.05, 0) is 24.6 Å². The summed E-state index contributed by atoms with van der Waals surface area (Å²) in [6.45, 7) is 6.07. The van der Waals surface area contributed by atoms with Gasteiger partial charge < -0.3 is 4.98 Å². The van der Waals surface area contributed by atoms with Crippen molar-refractivity contribution in [3.63, 3.8) is 0 Å². The maximum absolute atomic E-state index is 4.15. The van der Waals surface area contributed by atoms with E-state index in [1.165, 1.54) is 10.9 Å². The van der Waals surface area contributed by atoms with E-state index in [4.69, 9.17) is 0 Å². The summed E-state index contributed by atoms with van der Waals surface area (Å²) in [7, 11) is 0. The molecule has 2 nitrogen and oxygen atoms in total. The Morgan fingerprint density at radius 3 is 2.75 bits per heavy atom. The minimum absolute atomic E-state index is 0.972. The van der Waals surface area contributed by atoms with Crippen LogP contribution in [-0.2, 0) is 0 Å². The first kappa shape index (κ1) is 8.78. The van der Waals surface area contributed by atoms with Crippen molar-refractivity contribution in [3.8, 4) is 0 Å². The Bertz CT molecular complexity index is 349. The van der Waals surface area contributed by atoms with E-state index in [1.807, 2.05) is 26.1 Å². The molecule has 0 saturated heterocycles. The highest BCUT2D eigenvalue weighted by Gasteiger charge is 1.95. The van der Waals surface area contributed by atoms with E-state index in [0.717, 1.165) is 5.65 Å². The number of hydrogen-bond donors (Lipinski definition) is 1. The zero-order valence-electron chi connectivity index (χ0n) is 7.76. The summed E-state index contributed by atoms with van der Waals surface area (Å²) in [6, 6.07) is 4.01. The molecular formula is C10H14N2. The molecule has 0 bridgehead atoms. The summed E-state index contributed by atoms with van der Waals surface area (Å²) in [5.41, 5.74) is 2.23. The fourth-order valence-corrected chi connectivity index (χ4v) is 1.09. The summed E-state index contributed by atoms with van der Waals surface area (Å²) in [5.74, 6) is 0. The summed E-state index contributed by atoms with van der Waals surface area (Å²) in [6.07, 6.45) is 3.76. The third-order valence-corrected chi connectivity index (χ3v) is 1.66. The molecule has 12 heavy (non-hydrogen) atoms. The predicted molar refractivity (Wildman–Crippen MR) is 52.2 cm³/mol. The normalized spacial score (nSPS) is 9.25. The molecule has 2 aromatic heterocycles. The number of H-pyrrole nitrogens is 1. The van der Waals surface area contributed by atoms with E-state index in [2.05, 4.69) is 23.0 Å². The average Bonchev–Trinajstić information content (AvgIpc) is 2.53. The van der Waals surface area contributed by atoms with Crippen LogP contribution in [0, 0.1) is 6.92 Å². The van der Waals surface area contributed by atoms with Gasteiger partial charge in [0.2, 0.25) is 0 Å². The number of nitrogens with one attached hydrogen (secondary N) is 1. The summed E-state index contributed by atoms with van der Waals surface area (Å²) in [4.78, 5) is 7.22. The second-order valence-corrected chi connectivity index (χ2v) is 2.37. The first-order valence-electron chi connectivity index (χ1n) is 4.26. The van der Waals surface area contributed by atoms with Crippen LogP contribution < -0.4 is 0 Å². The van der Waals surface area contributed by atoms with Crippen LogP contribution in [0.2, 0.25) is 0 Å². The number of aromatic nitrogens is 2. The van der Waals surface area contributed by atoms with Gasteiger partial charge in [-0.2, -0.15) is 0 Å². The second-order valence-electron chi connectivity index (χ2n) is 2.37. The third kappa shape index (κ3) is 1.47. The third-order valence-electron chi connectivity index (χ3n) is 1.66. The zero-order chi connectivity index (χ0) is 8.97. The number of fused-ring (bicyclic) bond motifs is 1. The minimum atomic E-state index is 0.972. The van der Waals surface area contributed by atoms with Crippen LogP contribution in [0.4, 0.5) is 0 Å². The number of pyridine rings is 1. The lowest BCUT2D eigenvalue weighted by Gasteiger charge is -1.86. The lowest BCUT2D eigenvalue weighted by molar-refractivity contribution is 1.32. The summed E-state index contributed by atoms with van der Waals surface area (Å²) < 4.78 is 0. The molecule has 0 aliphatic carbocycles. The van der Waals surface area contributed by atoms with Gasteiger partial charge in [0.1, 0.15) is 5.65 Å². The lowest BCUT2D eigenvalue weighted by Crippen LogP contribution is -1.72. The van der Waals surface area contributed by atoms with Gasteiger partial charge in [0.05, 0.1) is 0 Å². The molecule has 0 atom stereocenters. The van der Waals surface area contributed by atoms with Crippen LogP contribution >= 0.6 is 0 Å². The van der Waals surface area contributed by atoms with Gasteiger partial charge >= 0.3 is 0 Å². The molecule has 0 aliphatic rings. The number of rotatable bonds is 0.